The van der Waals surface area contributed by atoms with Crippen LogP contribution in [0.15, 0.2) is 18.2 Å². The SMILES string of the molecule is CNCC(C)Cc1c(F)cccc1Cl. The second kappa shape index (κ2) is 5.32. The van der Waals surface area contributed by atoms with E-state index in [1.54, 1.807) is 12.1 Å². The predicted molar refractivity (Wildman–Crippen MR) is 58.2 cm³/mol. The summed E-state index contributed by atoms with van der Waals surface area (Å²) in [5, 5.41) is 3.58. The summed E-state index contributed by atoms with van der Waals surface area (Å²) in [7, 11) is 1.89. The summed E-state index contributed by atoms with van der Waals surface area (Å²) in [6.07, 6.45) is 0.673. The zero-order valence-electron chi connectivity index (χ0n) is 8.48. The summed E-state index contributed by atoms with van der Waals surface area (Å²) < 4.78 is 13.3. The lowest BCUT2D eigenvalue weighted by Gasteiger charge is -2.12. The molecule has 1 aromatic rings. The first-order valence-electron chi connectivity index (χ1n) is 4.72. The highest BCUT2D eigenvalue weighted by atomic mass is 35.5. The summed E-state index contributed by atoms with van der Waals surface area (Å²) in [4.78, 5) is 0. The molecule has 0 spiro atoms. The Morgan fingerprint density at radius 2 is 2.21 bits per heavy atom. The number of nitrogens with one attached hydrogen (secondary N) is 1. The van der Waals surface area contributed by atoms with Crippen LogP contribution in [-0.4, -0.2) is 13.6 Å². The largest absolute Gasteiger partial charge is 0.319 e. The van der Waals surface area contributed by atoms with Crippen molar-refractivity contribution in [3.8, 4) is 0 Å². The van der Waals surface area contributed by atoms with Gasteiger partial charge in [-0.15, -0.1) is 0 Å². The maximum atomic E-state index is 13.3. The van der Waals surface area contributed by atoms with Crippen molar-refractivity contribution in [3.05, 3.63) is 34.6 Å². The van der Waals surface area contributed by atoms with E-state index in [9.17, 15) is 4.39 Å². The average Bonchev–Trinajstić information content (AvgIpc) is 2.12. The maximum absolute atomic E-state index is 13.3. The van der Waals surface area contributed by atoms with Crippen LogP contribution < -0.4 is 5.32 Å². The van der Waals surface area contributed by atoms with Crippen LogP contribution in [0.3, 0.4) is 0 Å². The van der Waals surface area contributed by atoms with Gasteiger partial charge in [-0.2, -0.15) is 0 Å². The van der Waals surface area contributed by atoms with Crippen molar-refractivity contribution < 1.29 is 4.39 Å². The molecular weight excluding hydrogens is 201 g/mol. The van der Waals surface area contributed by atoms with Gasteiger partial charge in [-0.3, -0.25) is 0 Å². The fourth-order valence-electron chi connectivity index (χ4n) is 1.50. The number of hydrogen-bond donors (Lipinski definition) is 1. The Kier molecular flexibility index (Phi) is 4.36. The van der Waals surface area contributed by atoms with Crippen molar-refractivity contribution in [1.29, 1.82) is 0 Å². The van der Waals surface area contributed by atoms with Crippen molar-refractivity contribution >= 4 is 11.6 Å². The quantitative estimate of drug-likeness (QED) is 0.815. The molecule has 0 fully saturated rings. The molecule has 0 saturated heterocycles. The highest BCUT2D eigenvalue weighted by Crippen LogP contribution is 2.21. The minimum Gasteiger partial charge on any atom is -0.319 e. The molecule has 0 aromatic heterocycles. The lowest BCUT2D eigenvalue weighted by Crippen LogP contribution is -2.18. The monoisotopic (exact) mass is 215 g/mol. The summed E-state index contributed by atoms with van der Waals surface area (Å²) in [6.45, 7) is 2.93. The zero-order valence-corrected chi connectivity index (χ0v) is 9.24. The van der Waals surface area contributed by atoms with Crippen LogP contribution in [0.4, 0.5) is 4.39 Å². The van der Waals surface area contributed by atoms with Crippen molar-refractivity contribution in [2.45, 2.75) is 13.3 Å². The zero-order chi connectivity index (χ0) is 10.6. The minimum atomic E-state index is -0.208. The first-order valence-corrected chi connectivity index (χ1v) is 5.10. The van der Waals surface area contributed by atoms with Gasteiger partial charge in [0.15, 0.2) is 0 Å². The molecule has 0 bridgehead atoms. The van der Waals surface area contributed by atoms with Crippen molar-refractivity contribution in [3.63, 3.8) is 0 Å². The van der Waals surface area contributed by atoms with Crippen LogP contribution in [-0.2, 0) is 6.42 Å². The van der Waals surface area contributed by atoms with E-state index in [0.29, 0.717) is 22.9 Å². The van der Waals surface area contributed by atoms with Gasteiger partial charge in [0.1, 0.15) is 5.82 Å². The molecule has 1 N–H and O–H groups in total. The molecule has 0 aliphatic carbocycles. The van der Waals surface area contributed by atoms with E-state index in [1.807, 2.05) is 7.05 Å². The maximum Gasteiger partial charge on any atom is 0.127 e. The lowest BCUT2D eigenvalue weighted by atomic mass is 10.0. The molecule has 3 heteroatoms. The fourth-order valence-corrected chi connectivity index (χ4v) is 1.74. The molecule has 1 nitrogen and oxygen atoms in total. The third-order valence-electron chi connectivity index (χ3n) is 2.17. The Balaban J connectivity index is 2.75. The molecule has 14 heavy (non-hydrogen) atoms. The normalized spacial score (nSPS) is 12.9. The van der Waals surface area contributed by atoms with Crippen LogP contribution in [0.25, 0.3) is 0 Å². The minimum absolute atomic E-state index is 0.208. The Morgan fingerprint density at radius 1 is 1.50 bits per heavy atom. The third-order valence-corrected chi connectivity index (χ3v) is 2.52. The van der Waals surface area contributed by atoms with Gasteiger partial charge < -0.3 is 5.32 Å². The molecule has 0 saturated carbocycles. The van der Waals surface area contributed by atoms with Crippen molar-refractivity contribution in [2.75, 3.05) is 13.6 Å². The van der Waals surface area contributed by atoms with E-state index in [4.69, 9.17) is 11.6 Å². The van der Waals surface area contributed by atoms with Crippen LogP contribution in [0.2, 0.25) is 5.02 Å². The smallest absolute Gasteiger partial charge is 0.127 e. The highest BCUT2D eigenvalue weighted by molar-refractivity contribution is 6.31. The summed E-state index contributed by atoms with van der Waals surface area (Å²) in [6, 6.07) is 4.81. The topological polar surface area (TPSA) is 12.0 Å². The molecule has 0 aliphatic heterocycles. The number of hydrogen-bond acceptors (Lipinski definition) is 1. The molecule has 78 valence electrons. The van der Waals surface area contributed by atoms with Gasteiger partial charge in [0, 0.05) is 10.6 Å². The first-order chi connectivity index (χ1) is 6.65. The number of benzene rings is 1. The lowest BCUT2D eigenvalue weighted by molar-refractivity contribution is 0.520. The molecular formula is C11H15ClFN. The van der Waals surface area contributed by atoms with Gasteiger partial charge in [-0.05, 0) is 38.1 Å². The molecule has 0 heterocycles. The molecule has 0 aliphatic rings. The molecule has 0 radical (unpaired) electrons. The molecule has 1 rings (SSSR count). The first kappa shape index (κ1) is 11.5. The van der Waals surface area contributed by atoms with E-state index < -0.39 is 0 Å². The van der Waals surface area contributed by atoms with Crippen LogP contribution >= 0.6 is 11.6 Å². The molecule has 1 aromatic carbocycles. The third kappa shape index (κ3) is 2.96. The van der Waals surface area contributed by atoms with Gasteiger partial charge in [0.25, 0.3) is 0 Å². The molecule has 0 amide bonds. The van der Waals surface area contributed by atoms with Crippen LogP contribution in [0, 0.1) is 11.7 Å². The Morgan fingerprint density at radius 3 is 2.79 bits per heavy atom. The molecule has 1 unspecified atom stereocenters. The van der Waals surface area contributed by atoms with E-state index >= 15 is 0 Å². The van der Waals surface area contributed by atoms with Crippen molar-refractivity contribution in [2.24, 2.45) is 5.92 Å². The molecule has 1 atom stereocenters. The summed E-state index contributed by atoms with van der Waals surface area (Å²) in [5.74, 6) is 0.176. The van der Waals surface area contributed by atoms with E-state index in [-0.39, 0.29) is 5.82 Å². The van der Waals surface area contributed by atoms with Crippen molar-refractivity contribution in [1.82, 2.24) is 5.32 Å². The Labute approximate surface area is 89.3 Å². The van der Waals surface area contributed by atoms with Gasteiger partial charge in [0.05, 0.1) is 0 Å². The van der Waals surface area contributed by atoms with Gasteiger partial charge >= 0.3 is 0 Å². The van der Waals surface area contributed by atoms with E-state index in [1.165, 1.54) is 6.07 Å². The summed E-state index contributed by atoms with van der Waals surface area (Å²) in [5.41, 5.74) is 0.622. The number of halogens is 2. The number of rotatable bonds is 4. The van der Waals surface area contributed by atoms with E-state index in [0.717, 1.165) is 6.54 Å². The average molecular weight is 216 g/mol. The van der Waals surface area contributed by atoms with Gasteiger partial charge in [0.2, 0.25) is 0 Å². The highest BCUT2D eigenvalue weighted by Gasteiger charge is 2.10. The van der Waals surface area contributed by atoms with Crippen LogP contribution in [0.5, 0.6) is 0 Å². The fraction of sp³-hybridized carbons (Fsp3) is 0.455. The second-order valence-corrected chi connectivity index (χ2v) is 3.97. The Bertz CT molecular complexity index is 281. The van der Waals surface area contributed by atoms with E-state index in [2.05, 4.69) is 12.2 Å². The van der Waals surface area contributed by atoms with Crippen LogP contribution in [0.1, 0.15) is 12.5 Å². The van der Waals surface area contributed by atoms with Gasteiger partial charge in [-0.25, -0.2) is 4.39 Å². The Hall–Kier alpha value is -0.600. The standard InChI is InChI=1S/C11H15ClFN/c1-8(7-14-2)6-9-10(12)4-3-5-11(9)13/h3-5,8,14H,6-7H2,1-2H3. The van der Waals surface area contributed by atoms with Gasteiger partial charge in [-0.1, -0.05) is 24.6 Å². The second-order valence-electron chi connectivity index (χ2n) is 3.57. The predicted octanol–water partition coefficient (Wildman–Crippen LogP) is 2.88. The summed E-state index contributed by atoms with van der Waals surface area (Å²) >= 11 is 5.91.